The molecule has 164 valence electrons. The normalized spacial score (nSPS) is 12.8. The van der Waals surface area contributed by atoms with E-state index in [-0.39, 0.29) is 22.3 Å². The number of rotatable bonds is 4. The van der Waals surface area contributed by atoms with Gasteiger partial charge in [-0.1, -0.05) is 89.2 Å². The van der Waals surface area contributed by atoms with E-state index in [1.54, 1.807) is 12.1 Å². The maximum absolute atomic E-state index is 10.5. The molecule has 4 aromatic carbocycles. The predicted octanol–water partition coefficient (Wildman–Crippen LogP) is 8.53. The minimum absolute atomic E-state index is 0.0146. The van der Waals surface area contributed by atoms with Crippen LogP contribution in [0.1, 0.15) is 46.6 Å². The first-order chi connectivity index (χ1) is 15.0. The van der Waals surface area contributed by atoms with Gasteiger partial charge in [0, 0.05) is 10.8 Å². The molecular formula is C28H30N2O2. The Morgan fingerprint density at radius 2 is 1.22 bits per heavy atom. The highest BCUT2D eigenvalue weighted by atomic mass is 16.3. The number of phenols is 2. The van der Waals surface area contributed by atoms with Crippen molar-refractivity contribution in [3.8, 4) is 11.5 Å². The third-order valence-corrected chi connectivity index (χ3v) is 5.85. The van der Waals surface area contributed by atoms with Gasteiger partial charge in [0.25, 0.3) is 0 Å². The van der Waals surface area contributed by atoms with Crippen molar-refractivity contribution in [2.24, 2.45) is 15.6 Å². The standard InChI is InChI=1S/C28H30N2O2/c1-27(2,3)17-28(4,5)20-12-13-22-19(16-20)11-15-24(32)26(22)30-29-25-21-9-7-6-8-18(21)10-14-23(25)31/h6-16,31-32H,17H2,1-5H3. The lowest BCUT2D eigenvalue weighted by Gasteiger charge is -2.33. The molecule has 0 spiro atoms. The van der Waals surface area contributed by atoms with Crippen LogP contribution in [0.25, 0.3) is 21.5 Å². The summed E-state index contributed by atoms with van der Waals surface area (Å²) in [5.41, 5.74) is 2.27. The quantitative estimate of drug-likeness (QED) is 0.321. The summed E-state index contributed by atoms with van der Waals surface area (Å²) in [6, 6.07) is 21.0. The average molecular weight is 427 g/mol. The second kappa shape index (κ2) is 7.94. The molecule has 0 saturated heterocycles. The molecular weight excluding hydrogens is 396 g/mol. The molecule has 0 radical (unpaired) electrons. The molecule has 0 amide bonds. The monoisotopic (exact) mass is 426 g/mol. The fourth-order valence-electron chi connectivity index (χ4n) is 4.70. The molecule has 0 bridgehead atoms. The second-order valence-corrected chi connectivity index (χ2v) is 10.3. The zero-order chi connectivity index (χ0) is 23.1. The number of hydrogen-bond donors (Lipinski definition) is 2. The van der Waals surface area contributed by atoms with Crippen LogP contribution in [0.4, 0.5) is 11.4 Å². The first-order valence-electron chi connectivity index (χ1n) is 10.9. The molecule has 0 atom stereocenters. The van der Waals surface area contributed by atoms with Crippen LogP contribution in [-0.4, -0.2) is 10.2 Å². The molecule has 0 aliphatic heterocycles. The number of aromatic hydroxyl groups is 2. The summed E-state index contributed by atoms with van der Waals surface area (Å²) in [6.45, 7) is 11.3. The number of hydrogen-bond acceptors (Lipinski definition) is 4. The summed E-state index contributed by atoms with van der Waals surface area (Å²) in [7, 11) is 0. The van der Waals surface area contributed by atoms with Crippen LogP contribution < -0.4 is 0 Å². The minimum atomic E-state index is 0.0146. The molecule has 2 N–H and O–H groups in total. The predicted molar refractivity (Wildman–Crippen MR) is 132 cm³/mol. The fourth-order valence-corrected chi connectivity index (χ4v) is 4.70. The fraction of sp³-hybridized carbons (Fsp3) is 0.286. The van der Waals surface area contributed by atoms with Crippen molar-refractivity contribution in [2.45, 2.75) is 46.5 Å². The Hall–Kier alpha value is -3.40. The molecule has 0 fully saturated rings. The van der Waals surface area contributed by atoms with E-state index in [0.29, 0.717) is 11.4 Å². The molecule has 0 saturated carbocycles. The Morgan fingerprint density at radius 1 is 0.656 bits per heavy atom. The first kappa shape index (κ1) is 21.8. The van der Waals surface area contributed by atoms with Crippen LogP contribution in [0.2, 0.25) is 0 Å². The third-order valence-electron chi connectivity index (χ3n) is 5.85. The van der Waals surface area contributed by atoms with Gasteiger partial charge in [0.15, 0.2) is 0 Å². The van der Waals surface area contributed by atoms with Gasteiger partial charge in [-0.2, -0.15) is 0 Å². The average Bonchev–Trinajstić information content (AvgIpc) is 2.72. The van der Waals surface area contributed by atoms with E-state index in [2.05, 4.69) is 57.0 Å². The van der Waals surface area contributed by atoms with Crippen molar-refractivity contribution in [2.75, 3.05) is 0 Å². The molecule has 0 aliphatic carbocycles. The number of nitrogens with zero attached hydrogens (tertiary/aromatic N) is 2. The van der Waals surface area contributed by atoms with E-state index < -0.39 is 0 Å². The van der Waals surface area contributed by atoms with Gasteiger partial charge >= 0.3 is 0 Å². The van der Waals surface area contributed by atoms with Crippen LogP contribution in [0.5, 0.6) is 11.5 Å². The maximum atomic E-state index is 10.5. The van der Waals surface area contributed by atoms with Crippen molar-refractivity contribution in [1.82, 2.24) is 0 Å². The highest BCUT2D eigenvalue weighted by molar-refractivity contribution is 5.97. The van der Waals surface area contributed by atoms with Gasteiger partial charge in [-0.25, -0.2) is 0 Å². The number of azo groups is 1. The Bertz CT molecular complexity index is 1330. The molecule has 0 unspecified atom stereocenters. The lowest BCUT2D eigenvalue weighted by atomic mass is 9.72. The number of phenolic OH excluding ortho intramolecular Hbond substituents is 2. The summed E-state index contributed by atoms with van der Waals surface area (Å²) < 4.78 is 0. The van der Waals surface area contributed by atoms with Gasteiger partial charge in [-0.3, -0.25) is 0 Å². The highest BCUT2D eigenvalue weighted by Gasteiger charge is 2.27. The Balaban J connectivity index is 1.79. The SMILES string of the molecule is CC(C)(C)CC(C)(C)c1ccc2c(N=Nc3c(O)ccc4ccccc34)c(O)ccc2c1. The molecule has 0 aromatic heterocycles. The molecule has 0 aliphatic rings. The van der Waals surface area contributed by atoms with Gasteiger partial charge in [0.2, 0.25) is 0 Å². The summed E-state index contributed by atoms with van der Waals surface area (Å²) in [6.07, 6.45) is 1.05. The summed E-state index contributed by atoms with van der Waals surface area (Å²) >= 11 is 0. The second-order valence-electron chi connectivity index (χ2n) is 10.3. The van der Waals surface area contributed by atoms with Gasteiger partial charge in [-0.15, -0.1) is 10.2 Å². The van der Waals surface area contributed by atoms with E-state index in [0.717, 1.165) is 28.0 Å². The molecule has 32 heavy (non-hydrogen) atoms. The summed E-state index contributed by atoms with van der Waals surface area (Å²) in [5, 5.41) is 33.2. The zero-order valence-electron chi connectivity index (χ0n) is 19.3. The van der Waals surface area contributed by atoms with Crippen LogP contribution in [-0.2, 0) is 5.41 Å². The van der Waals surface area contributed by atoms with Crippen LogP contribution in [0, 0.1) is 5.41 Å². The largest absolute Gasteiger partial charge is 0.506 e. The van der Waals surface area contributed by atoms with E-state index in [4.69, 9.17) is 0 Å². The maximum Gasteiger partial charge on any atom is 0.143 e. The lowest BCUT2D eigenvalue weighted by Crippen LogP contribution is -2.24. The van der Waals surface area contributed by atoms with Crippen LogP contribution in [0.15, 0.2) is 77.0 Å². The summed E-state index contributed by atoms with van der Waals surface area (Å²) in [5.74, 6) is 0.112. The number of fused-ring (bicyclic) bond motifs is 2. The van der Waals surface area contributed by atoms with E-state index >= 15 is 0 Å². The smallest absolute Gasteiger partial charge is 0.143 e. The Morgan fingerprint density at radius 3 is 1.84 bits per heavy atom. The highest BCUT2D eigenvalue weighted by Crippen LogP contribution is 2.42. The van der Waals surface area contributed by atoms with E-state index in [1.807, 2.05) is 42.5 Å². The molecule has 0 heterocycles. The van der Waals surface area contributed by atoms with Gasteiger partial charge in [-0.05, 0) is 45.7 Å². The first-order valence-corrected chi connectivity index (χ1v) is 10.9. The Kier molecular flexibility index (Phi) is 5.41. The van der Waals surface area contributed by atoms with Crippen molar-refractivity contribution in [3.63, 3.8) is 0 Å². The van der Waals surface area contributed by atoms with Crippen molar-refractivity contribution in [3.05, 3.63) is 72.3 Å². The van der Waals surface area contributed by atoms with Crippen LogP contribution in [0.3, 0.4) is 0 Å². The third kappa shape index (κ3) is 4.31. The molecule has 4 heteroatoms. The zero-order valence-corrected chi connectivity index (χ0v) is 19.3. The lowest BCUT2D eigenvalue weighted by molar-refractivity contribution is 0.284. The molecule has 4 aromatic rings. The van der Waals surface area contributed by atoms with Crippen LogP contribution >= 0.6 is 0 Å². The van der Waals surface area contributed by atoms with Crippen molar-refractivity contribution in [1.29, 1.82) is 0 Å². The minimum Gasteiger partial charge on any atom is -0.506 e. The van der Waals surface area contributed by atoms with E-state index in [1.165, 1.54) is 5.56 Å². The summed E-state index contributed by atoms with van der Waals surface area (Å²) in [4.78, 5) is 0. The van der Waals surface area contributed by atoms with Gasteiger partial charge < -0.3 is 10.2 Å². The Labute approximate surface area is 189 Å². The van der Waals surface area contributed by atoms with Gasteiger partial charge in [0.1, 0.15) is 22.9 Å². The number of benzene rings is 4. The molecule has 4 nitrogen and oxygen atoms in total. The van der Waals surface area contributed by atoms with Crippen molar-refractivity contribution >= 4 is 32.9 Å². The van der Waals surface area contributed by atoms with Gasteiger partial charge in [0.05, 0.1) is 0 Å². The van der Waals surface area contributed by atoms with Crippen molar-refractivity contribution < 1.29 is 10.2 Å². The topological polar surface area (TPSA) is 65.2 Å². The van der Waals surface area contributed by atoms with E-state index in [9.17, 15) is 10.2 Å². The molecule has 4 rings (SSSR count).